The molecule has 0 saturated heterocycles. The highest BCUT2D eigenvalue weighted by Gasteiger charge is 2.20. The molecule has 4 heteroatoms. The van der Waals surface area contributed by atoms with E-state index in [0.717, 1.165) is 55.0 Å². The van der Waals surface area contributed by atoms with E-state index in [2.05, 4.69) is 127 Å². The van der Waals surface area contributed by atoms with Crippen LogP contribution < -0.4 is 0 Å². The van der Waals surface area contributed by atoms with Crippen LogP contribution in [-0.4, -0.2) is 15.0 Å². The molecule has 0 unspecified atom stereocenters. The van der Waals surface area contributed by atoms with Gasteiger partial charge in [0.2, 0.25) is 0 Å². The number of rotatable bonds is 6. The van der Waals surface area contributed by atoms with Crippen LogP contribution in [0.15, 0.2) is 192 Å². The number of furan rings is 1. The highest BCUT2D eigenvalue weighted by atomic mass is 16.3. The summed E-state index contributed by atoms with van der Waals surface area (Å²) in [5.74, 6) is 1.78. The topological polar surface area (TPSA) is 51.8 Å². The van der Waals surface area contributed by atoms with Gasteiger partial charge in [-0.3, -0.25) is 0 Å². The molecular weight excluding hydrogens is 647 g/mol. The van der Waals surface area contributed by atoms with E-state index in [4.69, 9.17) is 19.4 Å². The van der Waals surface area contributed by atoms with Crippen LogP contribution in [0.4, 0.5) is 0 Å². The first-order valence-corrected chi connectivity index (χ1v) is 17.8. The Labute approximate surface area is 306 Å². The summed E-state index contributed by atoms with van der Waals surface area (Å²) in [6.45, 7) is 0. The predicted octanol–water partition coefficient (Wildman–Crippen LogP) is 12.9. The van der Waals surface area contributed by atoms with Crippen LogP contribution in [-0.2, 0) is 0 Å². The summed E-state index contributed by atoms with van der Waals surface area (Å²) in [4.78, 5) is 15.4. The van der Waals surface area contributed by atoms with Crippen molar-refractivity contribution in [2.75, 3.05) is 0 Å². The van der Waals surface area contributed by atoms with E-state index in [9.17, 15) is 0 Å². The van der Waals surface area contributed by atoms with Gasteiger partial charge in [-0.05, 0) is 62.4 Å². The molecule has 4 nitrogen and oxygen atoms in total. The van der Waals surface area contributed by atoms with Crippen molar-refractivity contribution in [1.29, 1.82) is 0 Å². The molecule has 0 aliphatic carbocycles. The normalized spacial score (nSPS) is 11.4. The highest BCUT2D eigenvalue weighted by Crippen LogP contribution is 2.41. The van der Waals surface area contributed by atoms with Crippen LogP contribution in [0.5, 0.6) is 0 Å². The van der Waals surface area contributed by atoms with Crippen molar-refractivity contribution >= 4 is 32.7 Å². The maximum absolute atomic E-state index is 6.44. The average molecular weight is 678 g/mol. The van der Waals surface area contributed by atoms with Crippen molar-refractivity contribution in [3.8, 4) is 67.5 Å². The smallest absolute Gasteiger partial charge is 0.167 e. The van der Waals surface area contributed by atoms with E-state index < -0.39 is 0 Å². The molecule has 0 N–H and O–H groups in total. The van der Waals surface area contributed by atoms with E-state index in [0.29, 0.717) is 17.5 Å². The van der Waals surface area contributed by atoms with E-state index >= 15 is 0 Å². The van der Waals surface area contributed by atoms with Gasteiger partial charge >= 0.3 is 0 Å². The molecule has 2 heterocycles. The molecular formula is C49H31N3O. The number of aromatic nitrogens is 3. The van der Waals surface area contributed by atoms with Gasteiger partial charge in [0.15, 0.2) is 17.5 Å². The monoisotopic (exact) mass is 677 g/mol. The second kappa shape index (κ2) is 12.9. The van der Waals surface area contributed by atoms with Gasteiger partial charge in [0, 0.05) is 21.9 Å². The summed E-state index contributed by atoms with van der Waals surface area (Å²) >= 11 is 0. The number of fused-ring (bicyclic) bond motifs is 4. The van der Waals surface area contributed by atoms with Crippen molar-refractivity contribution in [2.24, 2.45) is 0 Å². The third-order valence-corrected chi connectivity index (χ3v) is 10.00. The molecule has 0 bridgehead atoms. The Hall–Kier alpha value is -7.17. The number of para-hydroxylation sites is 2. The fourth-order valence-corrected chi connectivity index (χ4v) is 7.43. The first-order chi connectivity index (χ1) is 26.3. The summed E-state index contributed by atoms with van der Waals surface area (Å²) in [6.07, 6.45) is 0. The highest BCUT2D eigenvalue weighted by molar-refractivity contribution is 6.09. The molecule has 8 aromatic carbocycles. The van der Waals surface area contributed by atoms with Crippen LogP contribution >= 0.6 is 0 Å². The van der Waals surface area contributed by atoms with Gasteiger partial charge in [-0.1, -0.05) is 170 Å². The molecule has 53 heavy (non-hydrogen) atoms. The zero-order valence-electron chi connectivity index (χ0n) is 28.6. The largest absolute Gasteiger partial charge is 0.455 e. The molecule has 0 spiro atoms. The Morgan fingerprint density at radius 1 is 0.264 bits per heavy atom. The first-order valence-electron chi connectivity index (χ1n) is 17.8. The number of hydrogen-bond acceptors (Lipinski definition) is 4. The Kier molecular flexibility index (Phi) is 7.43. The Morgan fingerprint density at radius 2 is 0.755 bits per heavy atom. The molecule has 0 aliphatic heterocycles. The molecule has 0 aliphatic rings. The quantitative estimate of drug-likeness (QED) is 0.176. The maximum atomic E-state index is 6.44. The molecule has 248 valence electrons. The Morgan fingerprint density at radius 3 is 1.51 bits per heavy atom. The molecule has 0 radical (unpaired) electrons. The first kappa shape index (κ1) is 30.6. The van der Waals surface area contributed by atoms with Gasteiger partial charge < -0.3 is 4.42 Å². The molecule has 2 aromatic heterocycles. The summed E-state index contributed by atoms with van der Waals surface area (Å²) in [5.41, 5.74) is 11.4. The summed E-state index contributed by atoms with van der Waals surface area (Å²) in [7, 11) is 0. The Bertz CT molecular complexity index is 2930. The molecule has 0 fully saturated rings. The van der Waals surface area contributed by atoms with Gasteiger partial charge in [-0.15, -0.1) is 0 Å². The molecule has 0 atom stereocenters. The maximum Gasteiger partial charge on any atom is 0.167 e. The fourth-order valence-electron chi connectivity index (χ4n) is 7.43. The van der Waals surface area contributed by atoms with E-state index in [-0.39, 0.29) is 0 Å². The third-order valence-electron chi connectivity index (χ3n) is 10.00. The lowest BCUT2D eigenvalue weighted by Gasteiger charge is -2.16. The van der Waals surface area contributed by atoms with Crippen molar-refractivity contribution in [2.45, 2.75) is 0 Å². The molecule has 10 aromatic rings. The molecule has 10 rings (SSSR count). The van der Waals surface area contributed by atoms with Gasteiger partial charge in [0.1, 0.15) is 11.2 Å². The van der Waals surface area contributed by atoms with E-state index in [1.165, 1.54) is 27.8 Å². The minimum Gasteiger partial charge on any atom is -0.455 e. The lowest BCUT2D eigenvalue weighted by Crippen LogP contribution is -2.01. The van der Waals surface area contributed by atoms with Crippen molar-refractivity contribution < 1.29 is 4.42 Å². The van der Waals surface area contributed by atoms with Crippen molar-refractivity contribution in [1.82, 2.24) is 15.0 Å². The lowest BCUT2D eigenvalue weighted by atomic mass is 9.89. The zero-order valence-corrected chi connectivity index (χ0v) is 28.6. The van der Waals surface area contributed by atoms with Gasteiger partial charge in [-0.2, -0.15) is 0 Å². The fraction of sp³-hybridized carbons (Fsp3) is 0. The second-order valence-electron chi connectivity index (χ2n) is 13.1. The van der Waals surface area contributed by atoms with Crippen LogP contribution in [0.1, 0.15) is 0 Å². The predicted molar refractivity (Wildman–Crippen MR) is 217 cm³/mol. The summed E-state index contributed by atoms with van der Waals surface area (Å²) in [5, 5.41) is 4.29. The number of benzene rings is 8. The molecule has 0 amide bonds. The standard InChI is InChI=1S/C49H31N3O/c1-3-14-32(15-4-1)33-26-28-34(29-27-33)36-18-7-8-19-37(36)40-30-31-43(39-21-10-9-20-38(39)40)48-50-47(35-16-5-2-6-17-35)51-49(52-48)44-24-13-23-42-41-22-11-12-25-45(41)53-46(42)44/h1-31H. The second-order valence-corrected chi connectivity index (χ2v) is 13.1. The van der Waals surface area contributed by atoms with E-state index in [1.54, 1.807) is 0 Å². The Balaban J connectivity index is 1.14. The number of hydrogen-bond donors (Lipinski definition) is 0. The minimum absolute atomic E-state index is 0.566. The van der Waals surface area contributed by atoms with Crippen molar-refractivity contribution in [3.63, 3.8) is 0 Å². The van der Waals surface area contributed by atoms with Crippen LogP contribution in [0, 0.1) is 0 Å². The number of nitrogens with zero attached hydrogens (tertiary/aromatic N) is 3. The summed E-state index contributed by atoms with van der Waals surface area (Å²) < 4.78 is 6.44. The minimum atomic E-state index is 0.566. The molecule has 0 saturated carbocycles. The lowest BCUT2D eigenvalue weighted by molar-refractivity contribution is 0.669. The summed E-state index contributed by atoms with van der Waals surface area (Å²) in [6, 6.07) is 65.3. The van der Waals surface area contributed by atoms with Gasteiger partial charge in [0.05, 0.1) is 5.56 Å². The van der Waals surface area contributed by atoms with Crippen LogP contribution in [0.3, 0.4) is 0 Å². The SMILES string of the molecule is c1ccc(-c2ccc(-c3ccccc3-c3ccc(-c4nc(-c5ccccc5)nc(-c5cccc6c5oc5ccccc56)n4)c4ccccc34)cc2)cc1. The van der Waals surface area contributed by atoms with Crippen LogP contribution in [0.2, 0.25) is 0 Å². The van der Waals surface area contributed by atoms with Gasteiger partial charge in [0.25, 0.3) is 0 Å². The third kappa shape index (κ3) is 5.45. The van der Waals surface area contributed by atoms with E-state index in [1.807, 2.05) is 60.7 Å². The van der Waals surface area contributed by atoms with Gasteiger partial charge in [-0.25, -0.2) is 15.0 Å². The van der Waals surface area contributed by atoms with Crippen molar-refractivity contribution in [3.05, 3.63) is 188 Å². The zero-order chi connectivity index (χ0) is 35.1. The van der Waals surface area contributed by atoms with Crippen LogP contribution in [0.25, 0.3) is 100 Å². The average Bonchev–Trinajstić information content (AvgIpc) is 3.63.